The van der Waals surface area contributed by atoms with Gasteiger partial charge in [0.25, 0.3) is 10.0 Å². The summed E-state index contributed by atoms with van der Waals surface area (Å²) in [6.07, 6.45) is 0.972. The predicted octanol–water partition coefficient (Wildman–Crippen LogP) is 4.38. The SMILES string of the molecule is CCNC(=O)[C@H](CC)N(Cc1ccccc1C)C(=O)CCCN1c2cccc3cccc(c23)S1(=O)=O. The van der Waals surface area contributed by atoms with Gasteiger partial charge in [-0.15, -0.1) is 0 Å². The Kier molecular flexibility index (Phi) is 7.64. The fourth-order valence-electron chi connectivity index (χ4n) is 4.90. The Morgan fingerprint density at radius 1 is 1.00 bits per heavy atom. The van der Waals surface area contributed by atoms with Crippen LogP contribution in [0, 0.1) is 6.92 Å². The Morgan fingerprint density at radius 2 is 1.72 bits per heavy atom. The molecular formula is C28H33N3O4S. The van der Waals surface area contributed by atoms with E-state index in [1.54, 1.807) is 17.0 Å². The molecule has 36 heavy (non-hydrogen) atoms. The molecule has 0 unspecified atom stereocenters. The molecule has 8 heteroatoms. The second-order valence-electron chi connectivity index (χ2n) is 9.08. The van der Waals surface area contributed by atoms with E-state index in [0.29, 0.717) is 36.5 Å². The highest BCUT2D eigenvalue weighted by atomic mass is 32.2. The lowest BCUT2D eigenvalue weighted by molar-refractivity contribution is -0.141. The molecule has 1 aliphatic heterocycles. The van der Waals surface area contributed by atoms with Gasteiger partial charge in [0.1, 0.15) is 6.04 Å². The van der Waals surface area contributed by atoms with Gasteiger partial charge in [0.2, 0.25) is 11.8 Å². The molecule has 1 heterocycles. The third kappa shape index (κ3) is 4.82. The van der Waals surface area contributed by atoms with E-state index in [-0.39, 0.29) is 24.8 Å². The average Bonchev–Trinajstić information content (AvgIpc) is 3.08. The molecule has 0 radical (unpaired) electrons. The second-order valence-corrected chi connectivity index (χ2v) is 10.9. The van der Waals surface area contributed by atoms with Crippen molar-refractivity contribution in [2.24, 2.45) is 0 Å². The van der Waals surface area contributed by atoms with Gasteiger partial charge < -0.3 is 10.2 Å². The number of carbonyl (C=O) groups excluding carboxylic acids is 2. The Bertz CT molecular complexity index is 1380. The number of hydrogen-bond donors (Lipinski definition) is 1. The third-order valence-corrected chi connectivity index (χ3v) is 8.63. The van der Waals surface area contributed by atoms with E-state index < -0.39 is 16.1 Å². The molecule has 0 bridgehead atoms. The molecule has 1 atom stereocenters. The van der Waals surface area contributed by atoms with Gasteiger partial charge in [0, 0.05) is 31.4 Å². The molecule has 0 fully saturated rings. The number of anilines is 1. The van der Waals surface area contributed by atoms with Crippen LogP contribution in [0.5, 0.6) is 0 Å². The summed E-state index contributed by atoms with van der Waals surface area (Å²) in [5.74, 6) is -0.338. The first-order valence-corrected chi connectivity index (χ1v) is 13.9. The van der Waals surface area contributed by atoms with Crippen LogP contribution >= 0.6 is 0 Å². The number of rotatable bonds is 10. The minimum Gasteiger partial charge on any atom is -0.355 e. The monoisotopic (exact) mass is 507 g/mol. The van der Waals surface area contributed by atoms with Crippen LogP contribution in [0.25, 0.3) is 10.8 Å². The van der Waals surface area contributed by atoms with Crippen LogP contribution in [0.2, 0.25) is 0 Å². The molecule has 4 rings (SSSR count). The van der Waals surface area contributed by atoms with Crippen LogP contribution in [0.15, 0.2) is 65.6 Å². The van der Waals surface area contributed by atoms with E-state index in [2.05, 4.69) is 5.32 Å². The summed E-state index contributed by atoms with van der Waals surface area (Å²) in [5, 5.41) is 4.46. The molecule has 0 aliphatic carbocycles. The molecule has 0 saturated carbocycles. The van der Waals surface area contributed by atoms with E-state index in [1.807, 2.05) is 69.3 Å². The van der Waals surface area contributed by atoms with Crippen molar-refractivity contribution in [2.75, 3.05) is 17.4 Å². The van der Waals surface area contributed by atoms with Gasteiger partial charge in [-0.25, -0.2) is 8.42 Å². The van der Waals surface area contributed by atoms with Crippen molar-refractivity contribution in [1.29, 1.82) is 0 Å². The zero-order valence-corrected chi connectivity index (χ0v) is 21.8. The molecule has 0 aromatic heterocycles. The number of aryl methyl sites for hydroxylation is 1. The summed E-state index contributed by atoms with van der Waals surface area (Å²) in [4.78, 5) is 28.2. The molecule has 190 valence electrons. The van der Waals surface area contributed by atoms with Crippen molar-refractivity contribution in [3.8, 4) is 0 Å². The van der Waals surface area contributed by atoms with Crippen molar-refractivity contribution >= 4 is 38.3 Å². The Labute approximate surface area is 213 Å². The minimum absolute atomic E-state index is 0.139. The lowest BCUT2D eigenvalue weighted by Crippen LogP contribution is -2.49. The molecule has 7 nitrogen and oxygen atoms in total. The standard InChI is InChI=1S/C28H33N3O4S/c1-4-23(28(33)29-5-2)30(19-22-12-7-6-11-20(22)3)26(32)17-10-18-31-24-15-8-13-21-14-9-16-25(27(21)24)36(31,34)35/h6-9,11-16,23H,4-5,10,17-19H2,1-3H3,(H,29,33)/t23-/m0/s1. The maximum absolute atomic E-state index is 13.5. The number of benzene rings is 3. The van der Waals surface area contributed by atoms with Gasteiger partial charge in [-0.1, -0.05) is 55.5 Å². The van der Waals surface area contributed by atoms with Crippen molar-refractivity contribution < 1.29 is 18.0 Å². The summed E-state index contributed by atoms with van der Waals surface area (Å²) < 4.78 is 27.9. The highest BCUT2D eigenvalue weighted by Gasteiger charge is 2.35. The van der Waals surface area contributed by atoms with Crippen molar-refractivity contribution in [2.45, 2.75) is 57.5 Å². The Morgan fingerprint density at radius 3 is 2.42 bits per heavy atom. The number of nitrogens with zero attached hydrogens (tertiary/aromatic N) is 2. The van der Waals surface area contributed by atoms with Gasteiger partial charge in [-0.3, -0.25) is 13.9 Å². The zero-order chi connectivity index (χ0) is 25.9. The molecule has 3 aromatic carbocycles. The zero-order valence-electron chi connectivity index (χ0n) is 21.0. The smallest absolute Gasteiger partial charge is 0.265 e. The maximum Gasteiger partial charge on any atom is 0.265 e. The fraction of sp³-hybridized carbons (Fsp3) is 0.357. The minimum atomic E-state index is -3.67. The summed E-state index contributed by atoms with van der Waals surface area (Å²) in [5.41, 5.74) is 2.69. The summed E-state index contributed by atoms with van der Waals surface area (Å²) in [7, 11) is -3.67. The quantitative estimate of drug-likeness (QED) is 0.441. The summed E-state index contributed by atoms with van der Waals surface area (Å²) in [6.45, 7) is 6.74. The molecule has 1 aliphatic rings. The predicted molar refractivity (Wildman–Crippen MR) is 142 cm³/mol. The van der Waals surface area contributed by atoms with E-state index in [1.165, 1.54) is 4.31 Å². The van der Waals surface area contributed by atoms with Gasteiger partial charge in [0.15, 0.2) is 0 Å². The van der Waals surface area contributed by atoms with Crippen LogP contribution < -0.4 is 9.62 Å². The van der Waals surface area contributed by atoms with Crippen LogP contribution in [0.3, 0.4) is 0 Å². The van der Waals surface area contributed by atoms with Gasteiger partial charge in [-0.2, -0.15) is 0 Å². The number of amides is 2. The van der Waals surface area contributed by atoms with Crippen molar-refractivity contribution in [1.82, 2.24) is 10.2 Å². The molecule has 2 amide bonds. The lowest BCUT2D eigenvalue weighted by atomic mass is 10.1. The lowest BCUT2D eigenvalue weighted by Gasteiger charge is -2.31. The van der Waals surface area contributed by atoms with Crippen LogP contribution in [0.4, 0.5) is 5.69 Å². The van der Waals surface area contributed by atoms with Crippen molar-refractivity contribution in [3.63, 3.8) is 0 Å². The summed E-state index contributed by atoms with van der Waals surface area (Å²) >= 11 is 0. The first-order valence-electron chi connectivity index (χ1n) is 12.5. The fourth-order valence-corrected chi connectivity index (χ4v) is 6.65. The molecule has 0 saturated heterocycles. The molecule has 1 N–H and O–H groups in total. The number of carbonyl (C=O) groups is 2. The first-order chi connectivity index (χ1) is 17.3. The third-order valence-electron chi connectivity index (χ3n) is 6.77. The van der Waals surface area contributed by atoms with E-state index in [0.717, 1.165) is 21.9 Å². The van der Waals surface area contributed by atoms with Crippen LogP contribution in [-0.2, 0) is 26.2 Å². The Hall–Kier alpha value is -3.39. The number of likely N-dealkylation sites (N-methyl/N-ethyl adjacent to an activating group) is 1. The van der Waals surface area contributed by atoms with Gasteiger partial charge in [0.05, 0.1) is 10.6 Å². The van der Waals surface area contributed by atoms with E-state index in [9.17, 15) is 18.0 Å². The molecule has 0 spiro atoms. The van der Waals surface area contributed by atoms with Crippen LogP contribution in [-0.4, -0.2) is 44.3 Å². The van der Waals surface area contributed by atoms with Gasteiger partial charge >= 0.3 is 0 Å². The summed E-state index contributed by atoms with van der Waals surface area (Å²) in [6, 6.07) is 18.1. The van der Waals surface area contributed by atoms with E-state index >= 15 is 0 Å². The highest BCUT2D eigenvalue weighted by molar-refractivity contribution is 7.93. The molecule has 3 aromatic rings. The average molecular weight is 508 g/mol. The topological polar surface area (TPSA) is 86.8 Å². The van der Waals surface area contributed by atoms with Crippen LogP contribution in [0.1, 0.15) is 44.2 Å². The van der Waals surface area contributed by atoms with Crippen molar-refractivity contribution in [3.05, 3.63) is 71.8 Å². The number of hydrogen-bond acceptors (Lipinski definition) is 4. The number of sulfonamides is 1. The van der Waals surface area contributed by atoms with Gasteiger partial charge in [-0.05, 0) is 55.3 Å². The normalized spacial score (nSPS) is 14.6. The highest BCUT2D eigenvalue weighted by Crippen LogP contribution is 2.42. The Balaban J connectivity index is 1.53. The largest absolute Gasteiger partial charge is 0.355 e. The van der Waals surface area contributed by atoms with E-state index in [4.69, 9.17) is 0 Å². The first kappa shape index (κ1) is 25.7. The second kappa shape index (κ2) is 10.7. The number of nitrogens with one attached hydrogen (secondary N) is 1. The maximum atomic E-state index is 13.5. The molecular weight excluding hydrogens is 474 g/mol.